The zero-order valence-corrected chi connectivity index (χ0v) is 18.1. The molecule has 7 nitrogen and oxygen atoms in total. The van der Waals surface area contributed by atoms with Gasteiger partial charge < -0.3 is 15.0 Å². The van der Waals surface area contributed by atoms with Gasteiger partial charge in [0.25, 0.3) is 5.91 Å². The van der Waals surface area contributed by atoms with Gasteiger partial charge in [-0.15, -0.1) is 0 Å². The zero-order chi connectivity index (χ0) is 21.8. The molecular formula is C24H30N4O3. The van der Waals surface area contributed by atoms with Crippen molar-refractivity contribution in [1.82, 2.24) is 21.1 Å². The summed E-state index contributed by atoms with van der Waals surface area (Å²) in [6.07, 6.45) is 2.25. The predicted molar refractivity (Wildman–Crippen MR) is 119 cm³/mol. The number of carbonyl (C=O) groups excluding carboxylic acids is 2. The van der Waals surface area contributed by atoms with E-state index in [1.165, 1.54) is 11.1 Å². The van der Waals surface area contributed by atoms with E-state index in [0.717, 1.165) is 25.0 Å². The molecule has 31 heavy (non-hydrogen) atoms. The number of benzene rings is 2. The van der Waals surface area contributed by atoms with Gasteiger partial charge in [-0.1, -0.05) is 24.3 Å². The van der Waals surface area contributed by atoms with Crippen molar-refractivity contribution in [2.75, 3.05) is 20.2 Å². The molecule has 2 aliphatic rings. The standard InChI is InChI=1S/C24H30N4O3/c1-16-5-3-4-6-20(16)21-15-22(27-26-21)24(30)28-13-11-18(12-14-28)25-23(29)17-7-9-19(31-2)10-8-17/h3-10,18,21-22,26-27H,11-15H2,1-2H3,(H,25,29). The Labute approximate surface area is 183 Å². The first-order valence-corrected chi connectivity index (χ1v) is 10.9. The molecule has 0 aromatic heterocycles. The van der Waals surface area contributed by atoms with E-state index in [-0.39, 0.29) is 29.9 Å². The third-order valence-electron chi connectivity index (χ3n) is 6.26. The molecule has 2 aromatic carbocycles. The van der Waals surface area contributed by atoms with Crippen LogP contribution in [-0.4, -0.2) is 49.0 Å². The highest BCUT2D eigenvalue weighted by Crippen LogP contribution is 2.26. The molecule has 0 bridgehead atoms. The van der Waals surface area contributed by atoms with Gasteiger partial charge in [0.2, 0.25) is 5.91 Å². The second-order valence-electron chi connectivity index (χ2n) is 8.29. The van der Waals surface area contributed by atoms with Gasteiger partial charge in [-0.2, -0.15) is 0 Å². The summed E-state index contributed by atoms with van der Waals surface area (Å²) in [5.41, 5.74) is 9.53. The molecule has 2 heterocycles. The van der Waals surface area contributed by atoms with E-state index in [1.807, 2.05) is 17.0 Å². The number of hydrazine groups is 1. The maximum Gasteiger partial charge on any atom is 0.251 e. The summed E-state index contributed by atoms with van der Waals surface area (Å²) < 4.78 is 5.13. The monoisotopic (exact) mass is 422 g/mol. The number of aryl methyl sites for hydroxylation is 1. The van der Waals surface area contributed by atoms with Crippen molar-refractivity contribution >= 4 is 11.8 Å². The van der Waals surface area contributed by atoms with Crippen LogP contribution in [0.15, 0.2) is 48.5 Å². The van der Waals surface area contributed by atoms with E-state index in [0.29, 0.717) is 18.7 Å². The number of amides is 2. The van der Waals surface area contributed by atoms with E-state index >= 15 is 0 Å². The van der Waals surface area contributed by atoms with Gasteiger partial charge in [0, 0.05) is 30.7 Å². The molecule has 2 fully saturated rings. The average Bonchev–Trinajstić information content (AvgIpc) is 3.29. The second kappa shape index (κ2) is 9.49. The fourth-order valence-corrected chi connectivity index (χ4v) is 4.38. The van der Waals surface area contributed by atoms with Crippen molar-refractivity contribution in [3.05, 3.63) is 65.2 Å². The first-order chi connectivity index (χ1) is 15.0. The summed E-state index contributed by atoms with van der Waals surface area (Å²) >= 11 is 0. The number of carbonyl (C=O) groups is 2. The molecule has 0 radical (unpaired) electrons. The van der Waals surface area contributed by atoms with Gasteiger partial charge in [0.15, 0.2) is 0 Å². The molecular weight excluding hydrogens is 392 g/mol. The highest BCUT2D eigenvalue weighted by molar-refractivity contribution is 5.94. The number of rotatable bonds is 5. The van der Waals surface area contributed by atoms with Gasteiger partial charge in [0.05, 0.1) is 7.11 Å². The van der Waals surface area contributed by atoms with Gasteiger partial charge in [-0.05, 0) is 61.6 Å². The summed E-state index contributed by atoms with van der Waals surface area (Å²) in [6, 6.07) is 15.3. The number of hydrogen-bond acceptors (Lipinski definition) is 5. The number of hydrogen-bond donors (Lipinski definition) is 3. The van der Waals surface area contributed by atoms with E-state index in [1.54, 1.807) is 31.4 Å². The van der Waals surface area contributed by atoms with Crippen molar-refractivity contribution in [1.29, 1.82) is 0 Å². The van der Waals surface area contributed by atoms with Crippen LogP contribution in [0.2, 0.25) is 0 Å². The van der Waals surface area contributed by atoms with Crippen LogP contribution in [0.1, 0.15) is 46.8 Å². The van der Waals surface area contributed by atoms with E-state index < -0.39 is 0 Å². The maximum absolute atomic E-state index is 13.0. The number of nitrogens with one attached hydrogen (secondary N) is 3. The molecule has 0 spiro atoms. The first-order valence-electron chi connectivity index (χ1n) is 10.9. The lowest BCUT2D eigenvalue weighted by molar-refractivity contribution is -0.134. The molecule has 2 amide bonds. The van der Waals surface area contributed by atoms with Crippen LogP contribution in [0.25, 0.3) is 0 Å². The Morgan fingerprint density at radius 1 is 1.03 bits per heavy atom. The number of piperidine rings is 1. The van der Waals surface area contributed by atoms with Crippen molar-refractivity contribution in [3.8, 4) is 5.75 Å². The summed E-state index contributed by atoms with van der Waals surface area (Å²) in [6.45, 7) is 3.40. The van der Waals surface area contributed by atoms with E-state index in [9.17, 15) is 9.59 Å². The lowest BCUT2D eigenvalue weighted by atomic mass is 9.97. The van der Waals surface area contributed by atoms with Crippen molar-refractivity contribution in [2.24, 2.45) is 0 Å². The molecule has 2 aromatic rings. The quantitative estimate of drug-likeness (QED) is 0.689. The summed E-state index contributed by atoms with van der Waals surface area (Å²) in [4.78, 5) is 27.4. The zero-order valence-electron chi connectivity index (χ0n) is 18.1. The third-order valence-corrected chi connectivity index (χ3v) is 6.26. The number of ether oxygens (including phenoxy) is 1. The van der Waals surface area contributed by atoms with Crippen molar-refractivity contribution in [3.63, 3.8) is 0 Å². The van der Waals surface area contributed by atoms with Crippen molar-refractivity contribution < 1.29 is 14.3 Å². The predicted octanol–water partition coefficient (Wildman–Crippen LogP) is 2.33. The molecule has 2 unspecified atom stereocenters. The van der Waals surface area contributed by atoms with Crippen LogP contribution in [-0.2, 0) is 4.79 Å². The molecule has 0 saturated carbocycles. The molecule has 4 rings (SSSR count). The number of nitrogens with zero attached hydrogens (tertiary/aromatic N) is 1. The van der Waals surface area contributed by atoms with Gasteiger partial charge in [0.1, 0.15) is 11.8 Å². The molecule has 2 saturated heterocycles. The Bertz CT molecular complexity index is 923. The highest BCUT2D eigenvalue weighted by atomic mass is 16.5. The average molecular weight is 423 g/mol. The minimum absolute atomic E-state index is 0.0769. The largest absolute Gasteiger partial charge is 0.497 e. The molecule has 164 valence electrons. The smallest absolute Gasteiger partial charge is 0.251 e. The number of likely N-dealkylation sites (tertiary alicyclic amines) is 1. The van der Waals surface area contributed by atoms with Crippen LogP contribution in [0, 0.1) is 6.92 Å². The van der Waals surface area contributed by atoms with Crippen molar-refractivity contribution in [2.45, 2.75) is 44.3 Å². The van der Waals surface area contributed by atoms with Crippen LogP contribution in [0.4, 0.5) is 0 Å². The van der Waals surface area contributed by atoms with Crippen LogP contribution in [0.5, 0.6) is 5.75 Å². The van der Waals surface area contributed by atoms with Gasteiger partial charge >= 0.3 is 0 Å². The molecule has 3 N–H and O–H groups in total. The fourth-order valence-electron chi connectivity index (χ4n) is 4.38. The molecule has 0 aliphatic carbocycles. The Balaban J connectivity index is 1.26. The molecule has 2 atom stereocenters. The SMILES string of the molecule is COc1ccc(C(=O)NC2CCN(C(=O)C3CC(c4ccccc4C)NN3)CC2)cc1. The minimum atomic E-state index is -0.227. The Hall–Kier alpha value is -2.90. The summed E-state index contributed by atoms with van der Waals surface area (Å²) in [7, 11) is 1.60. The van der Waals surface area contributed by atoms with Gasteiger partial charge in [-0.3, -0.25) is 9.59 Å². The third kappa shape index (κ3) is 4.89. The topological polar surface area (TPSA) is 82.7 Å². The lowest BCUT2D eigenvalue weighted by Gasteiger charge is -2.33. The summed E-state index contributed by atoms with van der Waals surface area (Å²) in [5.74, 6) is 0.765. The minimum Gasteiger partial charge on any atom is -0.497 e. The normalized spacial score (nSPS) is 21.7. The Kier molecular flexibility index (Phi) is 6.53. The maximum atomic E-state index is 13.0. The van der Waals surface area contributed by atoms with E-state index in [4.69, 9.17) is 4.74 Å². The first kappa shape index (κ1) is 21.3. The highest BCUT2D eigenvalue weighted by Gasteiger charge is 2.34. The molecule has 7 heteroatoms. The molecule has 2 aliphatic heterocycles. The van der Waals surface area contributed by atoms with Gasteiger partial charge in [-0.25, -0.2) is 10.9 Å². The van der Waals surface area contributed by atoms with Crippen LogP contribution >= 0.6 is 0 Å². The fraction of sp³-hybridized carbons (Fsp3) is 0.417. The van der Waals surface area contributed by atoms with E-state index in [2.05, 4.69) is 35.2 Å². The Morgan fingerprint density at radius 2 is 1.74 bits per heavy atom. The second-order valence-corrected chi connectivity index (χ2v) is 8.29. The van der Waals surface area contributed by atoms with Crippen LogP contribution in [0.3, 0.4) is 0 Å². The number of methoxy groups -OCH3 is 1. The summed E-state index contributed by atoms with van der Waals surface area (Å²) in [5, 5.41) is 3.09. The van der Waals surface area contributed by atoms with Crippen LogP contribution < -0.4 is 20.9 Å². The lowest BCUT2D eigenvalue weighted by Crippen LogP contribution is -2.51. The Morgan fingerprint density at radius 3 is 2.42 bits per heavy atom.